The summed E-state index contributed by atoms with van der Waals surface area (Å²) in [7, 11) is -1.26. The average molecular weight is 333 g/mol. The third-order valence-electron chi connectivity index (χ3n) is 3.06. The van der Waals surface area contributed by atoms with Crippen molar-refractivity contribution in [2.75, 3.05) is 0 Å². The van der Waals surface area contributed by atoms with Gasteiger partial charge in [-0.25, -0.2) is 0 Å². The molecule has 0 bridgehead atoms. The Labute approximate surface area is 134 Å². The number of allylic oxidation sites excluding steroid dienone is 1. The van der Waals surface area contributed by atoms with Crippen molar-refractivity contribution in [3.63, 3.8) is 0 Å². The first-order valence-electron chi connectivity index (χ1n) is 6.83. The maximum Gasteiger partial charge on any atom is 0.243 e. The van der Waals surface area contributed by atoms with Crippen molar-refractivity contribution >= 4 is 14.8 Å². The Morgan fingerprint density at radius 2 is 1.74 bits per heavy atom. The fourth-order valence-electron chi connectivity index (χ4n) is 1.84. The molecule has 0 heterocycles. The molecule has 7 heteroatoms. The van der Waals surface area contributed by atoms with Gasteiger partial charge in [-0.1, -0.05) is 24.3 Å². The highest BCUT2D eigenvalue weighted by atomic mass is 31.1. The van der Waals surface area contributed by atoms with E-state index in [9.17, 15) is 14.7 Å². The summed E-state index contributed by atoms with van der Waals surface area (Å²) in [5.74, 6) is 1.24. The molecule has 0 aliphatic heterocycles. The van der Waals surface area contributed by atoms with Gasteiger partial charge in [0.2, 0.25) is 14.4 Å². The van der Waals surface area contributed by atoms with E-state index in [1.807, 2.05) is 12.1 Å². The highest BCUT2D eigenvalue weighted by Gasteiger charge is 2.02. The topological polar surface area (TPSA) is 78.7 Å². The van der Waals surface area contributed by atoms with Gasteiger partial charge in [0.05, 0.1) is 4.92 Å². The Balaban J connectivity index is 1.94. The van der Waals surface area contributed by atoms with Crippen molar-refractivity contribution in [1.82, 2.24) is 0 Å². The van der Waals surface area contributed by atoms with Crippen LogP contribution in [0.25, 0.3) is 6.08 Å². The van der Waals surface area contributed by atoms with Gasteiger partial charge in [0, 0.05) is 13.0 Å². The van der Waals surface area contributed by atoms with E-state index in [1.54, 1.807) is 36.4 Å². The SMILES string of the molecule is CC(=Cc1ccc(OCc2ccc(O[PH2]=O)cc2)cc1)[N+](=O)[O-]. The average Bonchev–Trinajstić information content (AvgIpc) is 2.55. The predicted octanol–water partition coefficient (Wildman–Crippen LogP) is 3.95. The lowest BCUT2D eigenvalue weighted by Crippen LogP contribution is -1.95. The van der Waals surface area contributed by atoms with Crippen molar-refractivity contribution in [2.24, 2.45) is 0 Å². The van der Waals surface area contributed by atoms with E-state index < -0.39 is 13.6 Å². The second-order valence-electron chi connectivity index (χ2n) is 4.76. The van der Waals surface area contributed by atoms with Crippen molar-refractivity contribution < 1.29 is 18.7 Å². The third kappa shape index (κ3) is 5.27. The molecular weight excluding hydrogens is 317 g/mol. The number of hydrogen-bond acceptors (Lipinski definition) is 5. The highest BCUT2D eigenvalue weighted by molar-refractivity contribution is 7.17. The van der Waals surface area contributed by atoms with Crippen molar-refractivity contribution in [3.05, 3.63) is 75.5 Å². The Morgan fingerprint density at radius 1 is 1.13 bits per heavy atom. The van der Waals surface area contributed by atoms with E-state index in [-0.39, 0.29) is 5.70 Å². The molecule has 0 amide bonds. The lowest BCUT2D eigenvalue weighted by atomic mass is 10.2. The van der Waals surface area contributed by atoms with E-state index in [0.717, 1.165) is 11.1 Å². The van der Waals surface area contributed by atoms with E-state index in [4.69, 9.17) is 9.26 Å². The zero-order chi connectivity index (χ0) is 16.7. The van der Waals surface area contributed by atoms with Crippen LogP contribution in [0.15, 0.2) is 54.2 Å². The van der Waals surface area contributed by atoms with Crippen LogP contribution in [0.1, 0.15) is 18.1 Å². The minimum atomic E-state index is -1.26. The van der Waals surface area contributed by atoms with Crippen molar-refractivity contribution in [3.8, 4) is 11.5 Å². The zero-order valence-corrected chi connectivity index (χ0v) is 13.6. The molecule has 0 spiro atoms. The van der Waals surface area contributed by atoms with Crippen LogP contribution in [-0.4, -0.2) is 4.92 Å². The van der Waals surface area contributed by atoms with Crippen LogP contribution < -0.4 is 9.26 Å². The molecule has 0 N–H and O–H groups in total. The standard InChI is InChI=1S/C16H16NO5P/c1-12(17(18)19)10-13-2-6-15(7-3-13)21-11-14-4-8-16(9-5-14)22-23-20/h2-10H,11,23H2,1H3. The van der Waals surface area contributed by atoms with E-state index in [1.165, 1.54) is 13.0 Å². The van der Waals surface area contributed by atoms with E-state index >= 15 is 0 Å². The molecule has 0 aliphatic carbocycles. The van der Waals surface area contributed by atoms with Crippen molar-refractivity contribution in [2.45, 2.75) is 13.5 Å². The predicted molar refractivity (Wildman–Crippen MR) is 88.9 cm³/mol. The molecule has 0 aliphatic rings. The summed E-state index contributed by atoms with van der Waals surface area (Å²) in [6, 6.07) is 14.2. The monoisotopic (exact) mass is 333 g/mol. The molecule has 0 aromatic heterocycles. The number of rotatable bonds is 7. The summed E-state index contributed by atoms with van der Waals surface area (Å²) in [6.07, 6.45) is 1.50. The first-order valence-corrected chi connectivity index (χ1v) is 7.77. The molecule has 1 atom stereocenters. The molecule has 6 nitrogen and oxygen atoms in total. The van der Waals surface area contributed by atoms with Gasteiger partial charge >= 0.3 is 0 Å². The van der Waals surface area contributed by atoms with E-state index in [0.29, 0.717) is 18.1 Å². The maximum absolute atomic E-state index is 10.6. The molecule has 0 saturated heterocycles. The Kier molecular flexibility index (Phi) is 5.94. The Hall–Kier alpha value is -2.59. The highest BCUT2D eigenvalue weighted by Crippen LogP contribution is 2.19. The number of nitro groups is 1. The zero-order valence-electron chi connectivity index (χ0n) is 12.5. The quantitative estimate of drug-likeness (QED) is 0.435. The van der Waals surface area contributed by atoms with Crippen LogP contribution in [-0.2, 0) is 11.2 Å². The summed E-state index contributed by atoms with van der Waals surface area (Å²) in [5, 5.41) is 10.6. The number of benzene rings is 2. The van der Waals surface area contributed by atoms with Crippen LogP contribution in [0.2, 0.25) is 0 Å². The largest absolute Gasteiger partial charge is 0.489 e. The minimum absolute atomic E-state index is 0.0842. The number of ether oxygens (including phenoxy) is 1. The molecular formula is C16H16NO5P. The molecule has 0 fully saturated rings. The van der Waals surface area contributed by atoms with Gasteiger partial charge in [0.15, 0.2) is 0 Å². The van der Waals surface area contributed by atoms with Gasteiger partial charge in [0.1, 0.15) is 18.1 Å². The van der Waals surface area contributed by atoms with Crippen molar-refractivity contribution in [1.29, 1.82) is 0 Å². The summed E-state index contributed by atoms with van der Waals surface area (Å²) in [4.78, 5) is 10.2. The van der Waals surface area contributed by atoms with Crippen LogP contribution in [0.3, 0.4) is 0 Å². The van der Waals surface area contributed by atoms with E-state index in [2.05, 4.69) is 0 Å². The molecule has 120 valence electrons. The van der Waals surface area contributed by atoms with Gasteiger partial charge in [-0.05, 0) is 35.4 Å². The van der Waals surface area contributed by atoms with Gasteiger partial charge in [-0.15, -0.1) is 0 Å². The van der Waals surface area contributed by atoms with Crippen LogP contribution in [0.4, 0.5) is 0 Å². The van der Waals surface area contributed by atoms with Gasteiger partial charge in [-0.2, -0.15) is 0 Å². The molecule has 2 aromatic carbocycles. The maximum atomic E-state index is 10.6. The van der Waals surface area contributed by atoms with Crippen LogP contribution >= 0.6 is 8.69 Å². The fourth-order valence-corrected chi connectivity index (χ4v) is 2.11. The lowest BCUT2D eigenvalue weighted by Gasteiger charge is -2.07. The van der Waals surface area contributed by atoms with Crippen LogP contribution in [0.5, 0.6) is 11.5 Å². The van der Waals surface area contributed by atoms with Gasteiger partial charge < -0.3 is 9.26 Å². The molecule has 0 radical (unpaired) electrons. The Bertz CT molecular complexity index is 710. The summed E-state index contributed by atoms with van der Waals surface area (Å²) in [6.45, 7) is 1.83. The second-order valence-corrected chi connectivity index (χ2v) is 5.19. The third-order valence-corrected chi connectivity index (χ3v) is 3.43. The summed E-state index contributed by atoms with van der Waals surface area (Å²) < 4.78 is 21.0. The minimum Gasteiger partial charge on any atom is -0.489 e. The molecule has 2 aromatic rings. The first-order chi connectivity index (χ1) is 11.1. The van der Waals surface area contributed by atoms with Crippen LogP contribution in [0, 0.1) is 10.1 Å². The molecule has 2 rings (SSSR count). The first kappa shape index (κ1) is 16.8. The fraction of sp³-hybridized carbons (Fsp3) is 0.125. The molecule has 23 heavy (non-hydrogen) atoms. The number of hydrogen-bond donors (Lipinski definition) is 0. The summed E-state index contributed by atoms with van der Waals surface area (Å²) in [5.41, 5.74) is 1.78. The normalized spacial score (nSPS) is 11.6. The lowest BCUT2D eigenvalue weighted by molar-refractivity contribution is -0.422. The number of nitrogens with zero attached hydrogens (tertiary/aromatic N) is 1. The molecule has 0 saturated carbocycles. The van der Waals surface area contributed by atoms with Gasteiger partial charge in [-0.3, -0.25) is 14.7 Å². The second kappa shape index (κ2) is 8.15. The Morgan fingerprint density at radius 3 is 2.30 bits per heavy atom. The smallest absolute Gasteiger partial charge is 0.243 e. The summed E-state index contributed by atoms with van der Waals surface area (Å²) >= 11 is 0. The van der Waals surface area contributed by atoms with Gasteiger partial charge in [0.25, 0.3) is 0 Å². The molecule has 1 unspecified atom stereocenters.